The van der Waals surface area contributed by atoms with Crippen molar-refractivity contribution in [1.29, 1.82) is 0 Å². The van der Waals surface area contributed by atoms with Crippen LogP contribution in [0.15, 0.2) is 48.0 Å². The highest BCUT2D eigenvalue weighted by Crippen LogP contribution is 2.37. The van der Waals surface area contributed by atoms with Gasteiger partial charge >= 0.3 is 0 Å². The van der Waals surface area contributed by atoms with Gasteiger partial charge in [0, 0.05) is 12.1 Å². The average Bonchev–Trinajstić information content (AvgIpc) is 3.37. The van der Waals surface area contributed by atoms with Crippen molar-refractivity contribution in [3.05, 3.63) is 58.5 Å². The van der Waals surface area contributed by atoms with Gasteiger partial charge in [-0.25, -0.2) is 9.97 Å². The molecule has 2 aromatic heterocycles. The molecule has 6 heteroatoms. The number of hydrogen-bond acceptors (Lipinski definition) is 5. The number of carbonyl (C=O) groups is 1. The van der Waals surface area contributed by atoms with Gasteiger partial charge in [0.05, 0.1) is 32.0 Å². The van der Waals surface area contributed by atoms with Crippen molar-refractivity contribution in [2.45, 2.75) is 18.9 Å². The van der Waals surface area contributed by atoms with Crippen LogP contribution in [-0.2, 0) is 0 Å². The summed E-state index contributed by atoms with van der Waals surface area (Å²) < 4.78 is 2.24. The van der Waals surface area contributed by atoms with Gasteiger partial charge in [0.1, 0.15) is 5.01 Å². The largest absolute Gasteiger partial charge is 0.329 e. The Balaban J connectivity index is 1.50. The normalized spacial score (nSPS) is 17.6. The number of hydrogen-bond donors (Lipinski definition) is 0. The Bertz CT molecular complexity index is 1050. The highest BCUT2D eigenvalue weighted by atomic mass is 32.1. The van der Waals surface area contributed by atoms with E-state index < -0.39 is 0 Å². The molecule has 124 valence electrons. The van der Waals surface area contributed by atoms with E-state index in [0.29, 0.717) is 0 Å². The van der Waals surface area contributed by atoms with Gasteiger partial charge in [0.15, 0.2) is 0 Å². The fourth-order valence-corrected chi connectivity index (χ4v) is 5.28. The quantitative estimate of drug-likeness (QED) is 0.508. The Morgan fingerprint density at radius 3 is 2.96 bits per heavy atom. The summed E-state index contributed by atoms with van der Waals surface area (Å²) in [6, 6.07) is 14.0. The first-order chi connectivity index (χ1) is 12.3. The number of carbonyl (C=O) groups excluding carboxylic acids is 1. The van der Waals surface area contributed by atoms with Crippen LogP contribution >= 0.6 is 22.7 Å². The van der Waals surface area contributed by atoms with Crippen LogP contribution in [0, 0.1) is 0 Å². The summed E-state index contributed by atoms with van der Waals surface area (Å²) in [4.78, 5) is 24.2. The summed E-state index contributed by atoms with van der Waals surface area (Å²) in [7, 11) is 0. The maximum atomic E-state index is 13.1. The molecule has 1 saturated heterocycles. The maximum Gasteiger partial charge on any atom is 0.254 e. The predicted molar refractivity (Wildman–Crippen MR) is 102 cm³/mol. The molecule has 0 radical (unpaired) electrons. The first-order valence-corrected chi connectivity index (χ1v) is 9.99. The van der Waals surface area contributed by atoms with E-state index >= 15 is 0 Å². The first-order valence-electron chi connectivity index (χ1n) is 8.29. The second-order valence-electron chi connectivity index (χ2n) is 6.21. The van der Waals surface area contributed by atoms with Gasteiger partial charge in [-0.05, 0) is 43.2 Å². The number of rotatable bonds is 2. The molecule has 3 heterocycles. The molecule has 4 nitrogen and oxygen atoms in total. The van der Waals surface area contributed by atoms with Crippen LogP contribution in [0.1, 0.15) is 34.2 Å². The van der Waals surface area contributed by atoms with Crippen molar-refractivity contribution in [1.82, 2.24) is 14.9 Å². The summed E-state index contributed by atoms with van der Waals surface area (Å²) in [5.74, 6) is 0.0945. The van der Waals surface area contributed by atoms with E-state index in [1.807, 2.05) is 46.8 Å². The van der Waals surface area contributed by atoms with Crippen molar-refractivity contribution in [2.24, 2.45) is 0 Å². The van der Waals surface area contributed by atoms with Crippen LogP contribution in [-0.4, -0.2) is 27.3 Å². The fraction of sp³-hybridized carbons (Fsp3) is 0.211. The van der Waals surface area contributed by atoms with Gasteiger partial charge in [0.25, 0.3) is 5.91 Å². The molecular weight excluding hydrogens is 350 g/mol. The van der Waals surface area contributed by atoms with Crippen molar-refractivity contribution >= 4 is 49.0 Å². The Morgan fingerprint density at radius 1 is 1.12 bits per heavy atom. The van der Waals surface area contributed by atoms with E-state index in [2.05, 4.69) is 11.1 Å². The summed E-state index contributed by atoms with van der Waals surface area (Å²) in [6.07, 6.45) is 2.00. The first kappa shape index (κ1) is 15.0. The van der Waals surface area contributed by atoms with Gasteiger partial charge in [-0.2, -0.15) is 0 Å². The minimum Gasteiger partial charge on any atom is -0.329 e. The van der Waals surface area contributed by atoms with Gasteiger partial charge in [-0.15, -0.1) is 22.7 Å². The van der Waals surface area contributed by atoms with Crippen LogP contribution in [0.5, 0.6) is 0 Å². The molecule has 0 saturated carbocycles. The third kappa shape index (κ3) is 2.53. The molecule has 1 aliphatic heterocycles. The van der Waals surface area contributed by atoms with Crippen molar-refractivity contribution in [3.63, 3.8) is 0 Å². The zero-order valence-electron chi connectivity index (χ0n) is 13.4. The molecule has 2 aromatic carbocycles. The molecule has 5 rings (SSSR count). The Morgan fingerprint density at radius 2 is 2.04 bits per heavy atom. The Kier molecular flexibility index (Phi) is 3.53. The van der Waals surface area contributed by atoms with Crippen LogP contribution in [0.4, 0.5) is 0 Å². The zero-order chi connectivity index (χ0) is 16.8. The number of aromatic nitrogens is 2. The van der Waals surface area contributed by atoms with E-state index in [4.69, 9.17) is 4.98 Å². The molecule has 0 bridgehead atoms. The number of thiazole rings is 2. The summed E-state index contributed by atoms with van der Waals surface area (Å²) in [5.41, 5.74) is 4.53. The molecule has 0 N–H and O–H groups in total. The predicted octanol–water partition coefficient (Wildman–Crippen LogP) is 4.88. The number of fused-ring (bicyclic) bond motifs is 2. The standard InChI is InChI=1S/C19H15N3OS2/c23-19(12-7-8-13-17(10-12)24-11-20-13)22-9-3-5-15(22)18-21-14-4-1-2-6-16(14)25-18/h1-2,4,6-8,10-11,15H,3,5,9H2/t15-/m0/s1. The van der Waals surface area contributed by atoms with E-state index in [0.717, 1.165) is 45.7 Å². The van der Waals surface area contributed by atoms with Gasteiger partial charge in [-0.3, -0.25) is 4.79 Å². The molecule has 1 fully saturated rings. The fourth-order valence-electron chi connectivity index (χ4n) is 3.45. The number of amides is 1. The molecule has 1 amide bonds. The molecular formula is C19H15N3OS2. The van der Waals surface area contributed by atoms with E-state index in [1.165, 1.54) is 4.70 Å². The molecule has 1 atom stereocenters. The van der Waals surface area contributed by atoms with E-state index in [9.17, 15) is 4.79 Å². The second kappa shape index (κ2) is 5.89. The Hall–Kier alpha value is -2.31. The summed E-state index contributed by atoms with van der Waals surface area (Å²) >= 11 is 3.27. The summed E-state index contributed by atoms with van der Waals surface area (Å²) in [5, 5.41) is 1.05. The number of nitrogens with zero attached hydrogens (tertiary/aromatic N) is 3. The van der Waals surface area contributed by atoms with Crippen molar-refractivity contribution < 1.29 is 4.79 Å². The molecule has 1 aliphatic rings. The third-order valence-corrected chi connectivity index (χ3v) is 6.62. The van der Waals surface area contributed by atoms with Crippen LogP contribution in [0.2, 0.25) is 0 Å². The lowest BCUT2D eigenvalue weighted by Crippen LogP contribution is -2.30. The molecule has 0 aliphatic carbocycles. The number of para-hydroxylation sites is 1. The van der Waals surface area contributed by atoms with Crippen LogP contribution < -0.4 is 0 Å². The molecule has 25 heavy (non-hydrogen) atoms. The minimum atomic E-state index is 0.0852. The van der Waals surface area contributed by atoms with Crippen LogP contribution in [0.25, 0.3) is 20.4 Å². The van der Waals surface area contributed by atoms with Crippen molar-refractivity contribution in [2.75, 3.05) is 6.54 Å². The molecule has 0 spiro atoms. The van der Waals surface area contributed by atoms with E-state index in [-0.39, 0.29) is 11.9 Å². The number of likely N-dealkylation sites (tertiary alicyclic amines) is 1. The van der Waals surface area contributed by atoms with E-state index in [1.54, 1.807) is 22.7 Å². The smallest absolute Gasteiger partial charge is 0.254 e. The number of benzene rings is 2. The topological polar surface area (TPSA) is 46.1 Å². The lowest BCUT2D eigenvalue weighted by molar-refractivity contribution is 0.0736. The summed E-state index contributed by atoms with van der Waals surface area (Å²) in [6.45, 7) is 0.792. The molecule has 4 aromatic rings. The minimum absolute atomic E-state index is 0.0852. The lowest BCUT2D eigenvalue weighted by atomic mass is 10.1. The highest BCUT2D eigenvalue weighted by molar-refractivity contribution is 7.18. The van der Waals surface area contributed by atoms with Crippen LogP contribution in [0.3, 0.4) is 0 Å². The second-order valence-corrected chi connectivity index (χ2v) is 8.16. The average molecular weight is 365 g/mol. The molecule has 0 unspecified atom stereocenters. The maximum absolute atomic E-state index is 13.1. The van der Waals surface area contributed by atoms with Gasteiger partial charge in [0.2, 0.25) is 0 Å². The van der Waals surface area contributed by atoms with Crippen molar-refractivity contribution in [3.8, 4) is 0 Å². The van der Waals surface area contributed by atoms with Gasteiger partial charge < -0.3 is 4.90 Å². The lowest BCUT2D eigenvalue weighted by Gasteiger charge is -2.23. The SMILES string of the molecule is O=C(c1ccc2ncsc2c1)N1CCC[C@H]1c1nc2ccccc2s1. The third-order valence-electron chi connectivity index (χ3n) is 4.69. The van der Waals surface area contributed by atoms with Gasteiger partial charge in [-0.1, -0.05) is 12.1 Å². The zero-order valence-corrected chi connectivity index (χ0v) is 15.0. The Labute approximate surface area is 152 Å². The monoisotopic (exact) mass is 365 g/mol. The highest BCUT2D eigenvalue weighted by Gasteiger charge is 2.32.